The number of hydrogen-bond donors (Lipinski definition) is 1. The van der Waals surface area contributed by atoms with E-state index in [1.54, 1.807) is 31.4 Å². The average molecular weight is 501 g/mol. The molecule has 7 nitrogen and oxygen atoms in total. The van der Waals surface area contributed by atoms with Crippen LogP contribution in [0.4, 0.5) is 0 Å². The first-order chi connectivity index (χ1) is 15.3. The van der Waals surface area contributed by atoms with Crippen molar-refractivity contribution in [1.29, 1.82) is 0 Å². The molecule has 2 aromatic rings. The zero-order valence-corrected chi connectivity index (χ0v) is 20.0. The van der Waals surface area contributed by atoms with Crippen LogP contribution < -0.4 is 14.8 Å². The molecule has 2 aromatic carbocycles. The number of carbonyl (C=O) groups is 1. The van der Waals surface area contributed by atoms with E-state index >= 15 is 0 Å². The molecule has 1 saturated heterocycles. The summed E-state index contributed by atoms with van der Waals surface area (Å²) in [6.45, 7) is 1.31. The molecule has 0 saturated carbocycles. The maximum Gasteiger partial charge on any atom is 0.223 e. The standard InChI is InChI=1S/C22H26Cl2N2O5S/c1-30-18-3-2-4-19(14-18)31-12-9-25-22(27)17-7-10-26(11-8-17)32(28,29)15-16-5-6-20(23)21(24)13-16/h2-6,13-14,17H,7-12,15H2,1H3,(H,25,27). The summed E-state index contributed by atoms with van der Waals surface area (Å²) >= 11 is 11.9. The van der Waals surface area contributed by atoms with Crippen molar-refractivity contribution >= 4 is 39.1 Å². The van der Waals surface area contributed by atoms with Gasteiger partial charge in [0.25, 0.3) is 0 Å². The molecule has 174 valence electrons. The van der Waals surface area contributed by atoms with E-state index in [1.807, 2.05) is 18.2 Å². The van der Waals surface area contributed by atoms with Crippen molar-refractivity contribution in [1.82, 2.24) is 9.62 Å². The van der Waals surface area contributed by atoms with Crippen LogP contribution in [0.5, 0.6) is 11.5 Å². The van der Waals surface area contributed by atoms with Gasteiger partial charge in [0, 0.05) is 25.1 Å². The van der Waals surface area contributed by atoms with E-state index in [2.05, 4.69) is 5.32 Å². The Balaban J connectivity index is 1.42. The van der Waals surface area contributed by atoms with Crippen molar-refractivity contribution in [2.75, 3.05) is 33.4 Å². The highest BCUT2D eigenvalue weighted by Gasteiger charge is 2.31. The average Bonchev–Trinajstić information content (AvgIpc) is 2.79. The highest BCUT2D eigenvalue weighted by Crippen LogP contribution is 2.26. The summed E-state index contributed by atoms with van der Waals surface area (Å²) in [6.07, 6.45) is 0.951. The second-order valence-corrected chi connectivity index (χ2v) is 10.3. The van der Waals surface area contributed by atoms with E-state index in [-0.39, 0.29) is 17.6 Å². The fourth-order valence-corrected chi connectivity index (χ4v) is 5.38. The van der Waals surface area contributed by atoms with Crippen molar-refractivity contribution in [2.45, 2.75) is 18.6 Å². The molecule has 1 N–H and O–H groups in total. The lowest BCUT2D eigenvalue weighted by atomic mass is 9.97. The van der Waals surface area contributed by atoms with Crippen molar-refractivity contribution in [2.24, 2.45) is 5.92 Å². The monoisotopic (exact) mass is 500 g/mol. The lowest BCUT2D eigenvalue weighted by Gasteiger charge is -2.30. The first-order valence-electron chi connectivity index (χ1n) is 10.2. The van der Waals surface area contributed by atoms with Crippen LogP contribution in [0.2, 0.25) is 10.0 Å². The minimum atomic E-state index is -3.50. The van der Waals surface area contributed by atoms with Gasteiger partial charge in [-0.3, -0.25) is 4.79 Å². The van der Waals surface area contributed by atoms with E-state index in [9.17, 15) is 13.2 Å². The fourth-order valence-electron chi connectivity index (χ4n) is 3.51. The summed E-state index contributed by atoms with van der Waals surface area (Å²) in [5, 5.41) is 3.57. The number of amides is 1. The third-order valence-electron chi connectivity index (χ3n) is 5.26. The quantitative estimate of drug-likeness (QED) is 0.530. The van der Waals surface area contributed by atoms with Gasteiger partial charge >= 0.3 is 0 Å². The largest absolute Gasteiger partial charge is 0.497 e. The van der Waals surface area contributed by atoms with E-state index in [0.29, 0.717) is 66.2 Å². The molecule has 0 radical (unpaired) electrons. The number of halogens is 2. The van der Waals surface area contributed by atoms with Gasteiger partial charge in [-0.05, 0) is 42.7 Å². The molecule has 0 aliphatic carbocycles. The van der Waals surface area contributed by atoms with Crippen LogP contribution in [0.25, 0.3) is 0 Å². The number of nitrogens with one attached hydrogen (secondary N) is 1. The van der Waals surface area contributed by atoms with Crippen LogP contribution in [0, 0.1) is 5.92 Å². The molecule has 10 heteroatoms. The van der Waals surface area contributed by atoms with Crippen LogP contribution in [0.1, 0.15) is 18.4 Å². The van der Waals surface area contributed by atoms with E-state index in [1.165, 1.54) is 4.31 Å². The molecule has 32 heavy (non-hydrogen) atoms. The molecular formula is C22H26Cl2N2O5S. The normalized spacial score (nSPS) is 15.3. The van der Waals surface area contributed by atoms with E-state index < -0.39 is 10.0 Å². The first-order valence-corrected chi connectivity index (χ1v) is 12.6. The van der Waals surface area contributed by atoms with Crippen LogP contribution >= 0.6 is 23.2 Å². The lowest BCUT2D eigenvalue weighted by Crippen LogP contribution is -2.43. The summed E-state index contributed by atoms with van der Waals surface area (Å²) < 4.78 is 37.7. The Hall–Kier alpha value is -2.00. The van der Waals surface area contributed by atoms with Gasteiger partial charge in [0.1, 0.15) is 18.1 Å². The molecule has 3 rings (SSSR count). The van der Waals surface area contributed by atoms with E-state index in [0.717, 1.165) is 0 Å². The third kappa shape index (κ3) is 6.75. The maximum atomic E-state index is 12.7. The predicted molar refractivity (Wildman–Crippen MR) is 125 cm³/mol. The number of piperidine rings is 1. The molecule has 0 aromatic heterocycles. The molecule has 0 bridgehead atoms. The smallest absolute Gasteiger partial charge is 0.223 e. The lowest BCUT2D eigenvalue weighted by molar-refractivity contribution is -0.126. The Morgan fingerprint density at radius 3 is 2.50 bits per heavy atom. The van der Waals surface area contributed by atoms with Gasteiger partial charge in [-0.2, -0.15) is 0 Å². The Kier molecular flexibility index (Phi) is 8.64. The van der Waals surface area contributed by atoms with Gasteiger partial charge in [0.05, 0.1) is 29.5 Å². The molecule has 1 amide bonds. The number of methoxy groups -OCH3 is 1. The SMILES string of the molecule is COc1cccc(OCCNC(=O)C2CCN(S(=O)(=O)Cc3ccc(Cl)c(Cl)c3)CC2)c1. The molecule has 1 heterocycles. The predicted octanol–water partition coefficient (Wildman–Crippen LogP) is 3.74. The Labute approximate surface area is 198 Å². The molecular weight excluding hydrogens is 475 g/mol. The summed E-state index contributed by atoms with van der Waals surface area (Å²) in [5.74, 6) is 0.915. The molecule has 1 aliphatic rings. The summed E-state index contributed by atoms with van der Waals surface area (Å²) in [7, 11) is -1.92. The number of benzene rings is 2. The first kappa shape index (κ1) is 24.6. The minimum Gasteiger partial charge on any atom is -0.497 e. The van der Waals surface area contributed by atoms with Crippen LogP contribution in [-0.4, -0.2) is 52.0 Å². The van der Waals surface area contributed by atoms with Gasteiger partial charge in [0.15, 0.2) is 0 Å². The van der Waals surface area contributed by atoms with Gasteiger partial charge in [-0.25, -0.2) is 12.7 Å². The van der Waals surface area contributed by atoms with Gasteiger partial charge < -0.3 is 14.8 Å². The third-order valence-corrected chi connectivity index (χ3v) is 7.85. The summed E-state index contributed by atoms with van der Waals surface area (Å²) in [5.41, 5.74) is 0.579. The number of ether oxygens (including phenoxy) is 2. The Morgan fingerprint density at radius 1 is 1.09 bits per heavy atom. The van der Waals surface area contributed by atoms with Gasteiger partial charge in [0.2, 0.25) is 15.9 Å². The highest BCUT2D eigenvalue weighted by molar-refractivity contribution is 7.88. The number of rotatable bonds is 9. The second kappa shape index (κ2) is 11.2. The zero-order chi connectivity index (χ0) is 23.1. The fraction of sp³-hybridized carbons (Fsp3) is 0.409. The number of carbonyl (C=O) groups excluding carboxylic acids is 1. The number of sulfonamides is 1. The van der Waals surface area contributed by atoms with Gasteiger partial charge in [-0.15, -0.1) is 0 Å². The van der Waals surface area contributed by atoms with Crippen LogP contribution in [0.3, 0.4) is 0 Å². The highest BCUT2D eigenvalue weighted by atomic mass is 35.5. The van der Waals surface area contributed by atoms with Crippen molar-refractivity contribution in [3.05, 3.63) is 58.1 Å². The number of hydrogen-bond acceptors (Lipinski definition) is 5. The number of nitrogens with zero attached hydrogens (tertiary/aromatic N) is 1. The minimum absolute atomic E-state index is 0.0826. The second-order valence-electron chi connectivity index (χ2n) is 7.50. The Morgan fingerprint density at radius 2 is 1.81 bits per heavy atom. The molecule has 1 aliphatic heterocycles. The van der Waals surface area contributed by atoms with Crippen molar-refractivity contribution < 1.29 is 22.7 Å². The van der Waals surface area contributed by atoms with Gasteiger partial charge in [-0.1, -0.05) is 35.3 Å². The van der Waals surface area contributed by atoms with E-state index in [4.69, 9.17) is 32.7 Å². The maximum absolute atomic E-state index is 12.7. The molecule has 1 fully saturated rings. The molecule has 0 spiro atoms. The van der Waals surface area contributed by atoms with Crippen molar-refractivity contribution in [3.8, 4) is 11.5 Å². The Bertz CT molecular complexity index is 1040. The zero-order valence-electron chi connectivity index (χ0n) is 17.7. The summed E-state index contributed by atoms with van der Waals surface area (Å²) in [6, 6.07) is 12.1. The van der Waals surface area contributed by atoms with Crippen LogP contribution in [-0.2, 0) is 20.6 Å². The molecule has 0 atom stereocenters. The van der Waals surface area contributed by atoms with Crippen molar-refractivity contribution in [3.63, 3.8) is 0 Å². The summed E-state index contributed by atoms with van der Waals surface area (Å²) in [4.78, 5) is 12.4. The van der Waals surface area contributed by atoms with Crippen LogP contribution in [0.15, 0.2) is 42.5 Å². The molecule has 0 unspecified atom stereocenters. The topological polar surface area (TPSA) is 84.9 Å².